The number of aromatic nitrogens is 1. The molecule has 2 aromatic rings. The summed E-state index contributed by atoms with van der Waals surface area (Å²) in [5.41, 5.74) is 5.45. The molecule has 0 radical (unpaired) electrons. The van der Waals surface area contributed by atoms with Crippen LogP contribution in [-0.4, -0.2) is 30.5 Å². The number of nitrogens with two attached hydrogens (primary N) is 1. The van der Waals surface area contributed by atoms with E-state index in [4.69, 9.17) is 28.8 Å². The SMILES string of the molecule is Cc1c(Br)cc(OP(=O)(OCOC(=O)C(C)(C)C)OCOC(=O)C(C)(C)C)c2nc(N)sc12. The minimum Gasteiger partial charge on any atom is -0.437 e. The number of fused-ring (bicyclic) bond motifs is 1. The predicted octanol–water partition coefficient (Wildman–Crippen LogP) is 5.56. The minimum absolute atomic E-state index is 0.0584. The first-order valence-electron chi connectivity index (χ1n) is 9.82. The Hall–Kier alpha value is -1.72. The number of carbonyl (C=O) groups is 2. The largest absolute Gasteiger partial charge is 0.536 e. The molecule has 2 N–H and O–H groups in total. The maximum atomic E-state index is 13.4. The van der Waals surface area contributed by atoms with Crippen molar-refractivity contribution in [3.63, 3.8) is 0 Å². The van der Waals surface area contributed by atoms with Crippen molar-refractivity contribution >= 4 is 62.4 Å². The number of aryl methyl sites for hydroxylation is 1. The van der Waals surface area contributed by atoms with Gasteiger partial charge in [-0.05, 0) is 60.1 Å². The number of benzene rings is 1. The molecule has 1 heterocycles. The summed E-state index contributed by atoms with van der Waals surface area (Å²) in [6.45, 7) is 10.4. The van der Waals surface area contributed by atoms with Gasteiger partial charge < -0.3 is 19.7 Å². The molecule has 184 valence electrons. The highest BCUT2D eigenvalue weighted by molar-refractivity contribution is 9.10. The Labute approximate surface area is 204 Å². The molecule has 0 amide bonds. The molecular formula is C20H28BrN2O8PS. The van der Waals surface area contributed by atoms with Crippen LogP contribution in [0, 0.1) is 17.8 Å². The third-order valence-corrected chi connectivity index (χ3v) is 7.16. The summed E-state index contributed by atoms with van der Waals surface area (Å²) in [7, 11) is -4.44. The lowest BCUT2D eigenvalue weighted by atomic mass is 9.98. The normalized spacial score (nSPS) is 12.6. The number of hydrogen-bond acceptors (Lipinski definition) is 11. The van der Waals surface area contributed by atoms with Crippen molar-refractivity contribution in [2.75, 3.05) is 19.3 Å². The van der Waals surface area contributed by atoms with E-state index in [1.165, 1.54) is 11.3 Å². The van der Waals surface area contributed by atoms with Gasteiger partial charge in [0.15, 0.2) is 10.9 Å². The number of phosphoric acid groups is 1. The molecule has 0 aliphatic carbocycles. The smallest absolute Gasteiger partial charge is 0.437 e. The lowest BCUT2D eigenvalue weighted by molar-refractivity contribution is -0.162. The Bertz CT molecular complexity index is 1050. The van der Waals surface area contributed by atoms with Crippen molar-refractivity contribution in [1.82, 2.24) is 4.98 Å². The van der Waals surface area contributed by atoms with E-state index in [1.54, 1.807) is 47.6 Å². The van der Waals surface area contributed by atoms with E-state index in [9.17, 15) is 14.2 Å². The van der Waals surface area contributed by atoms with E-state index in [-0.39, 0.29) is 10.9 Å². The Balaban J connectivity index is 2.27. The number of anilines is 1. The summed E-state index contributed by atoms with van der Waals surface area (Å²) >= 11 is 4.65. The molecule has 1 aromatic carbocycles. The molecule has 2 rings (SSSR count). The van der Waals surface area contributed by atoms with Gasteiger partial charge in [-0.15, -0.1) is 0 Å². The van der Waals surface area contributed by atoms with E-state index in [1.807, 2.05) is 6.92 Å². The molecule has 1 aromatic heterocycles. The maximum absolute atomic E-state index is 13.4. The van der Waals surface area contributed by atoms with E-state index in [0.717, 1.165) is 5.56 Å². The quantitative estimate of drug-likeness (QED) is 0.245. The molecular weight excluding hydrogens is 539 g/mol. The van der Waals surface area contributed by atoms with Crippen molar-refractivity contribution in [3.8, 4) is 5.75 Å². The van der Waals surface area contributed by atoms with Crippen LogP contribution in [0.15, 0.2) is 10.5 Å². The molecule has 0 spiro atoms. The third kappa shape index (κ3) is 7.38. The van der Waals surface area contributed by atoms with Crippen LogP contribution in [0.5, 0.6) is 5.75 Å². The van der Waals surface area contributed by atoms with Crippen LogP contribution < -0.4 is 10.3 Å². The summed E-state index contributed by atoms with van der Waals surface area (Å²) in [4.78, 5) is 28.2. The zero-order valence-corrected chi connectivity index (χ0v) is 22.8. The molecule has 33 heavy (non-hydrogen) atoms. The maximum Gasteiger partial charge on any atom is 0.536 e. The Kier molecular flexibility index (Phi) is 8.56. The standard InChI is InChI=1S/C20H28BrN2O8PS/c1-11-12(21)8-13(14-15(11)33-18(22)23-14)31-32(26,29-9-27-16(24)19(2,3)4)30-10-28-17(25)20(5,6)7/h8H,9-10H2,1-7H3,(H2,22,23). The molecule has 0 bridgehead atoms. The van der Waals surface area contributed by atoms with Crippen molar-refractivity contribution in [2.24, 2.45) is 10.8 Å². The van der Waals surface area contributed by atoms with Gasteiger partial charge in [-0.1, -0.05) is 27.3 Å². The molecule has 0 fully saturated rings. The average molecular weight is 567 g/mol. The van der Waals surface area contributed by atoms with E-state index in [2.05, 4.69) is 20.9 Å². The van der Waals surface area contributed by atoms with Gasteiger partial charge in [-0.2, -0.15) is 0 Å². The zero-order chi connectivity index (χ0) is 25.2. The van der Waals surface area contributed by atoms with Gasteiger partial charge in [-0.25, -0.2) is 18.6 Å². The van der Waals surface area contributed by atoms with Gasteiger partial charge in [0.2, 0.25) is 13.6 Å². The van der Waals surface area contributed by atoms with Crippen molar-refractivity contribution in [2.45, 2.75) is 48.5 Å². The number of phosphoric ester groups is 1. The molecule has 13 heteroatoms. The van der Waals surface area contributed by atoms with Gasteiger partial charge in [0.25, 0.3) is 0 Å². The summed E-state index contributed by atoms with van der Waals surface area (Å²) in [6, 6.07) is 1.54. The molecule has 0 aliphatic rings. The summed E-state index contributed by atoms with van der Waals surface area (Å²) in [6.07, 6.45) is 0. The van der Waals surface area contributed by atoms with Crippen LogP contribution in [0.4, 0.5) is 5.13 Å². The number of thiazole rings is 1. The molecule has 0 aliphatic heterocycles. The first-order valence-corrected chi connectivity index (χ1v) is 12.9. The van der Waals surface area contributed by atoms with Gasteiger partial charge in [0.05, 0.1) is 15.5 Å². The Morgan fingerprint density at radius 1 is 1.06 bits per heavy atom. The first kappa shape index (κ1) is 27.5. The highest BCUT2D eigenvalue weighted by Gasteiger charge is 2.34. The second kappa shape index (κ2) is 10.3. The fourth-order valence-corrected chi connectivity index (χ4v) is 4.47. The number of ether oxygens (including phenoxy) is 2. The molecule has 0 saturated carbocycles. The number of halogens is 1. The van der Waals surface area contributed by atoms with Gasteiger partial charge in [0, 0.05) is 4.47 Å². The minimum atomic E-state index is -4.44. The van der Waals surface area contributed by atoms with Crippen molar-refractivity contribution in [3.05, 3.63) is 16.1 Å². The Morgan fingerprint density at radius 3 is 2.00 bits per heavy atom. The summed E-state index contributed by atoms with van der Waals surface area (Å²) < 4.78 is 40.7. The average Bonchev–Trinajstić information content (AvgIpc) is 3.06. The summed E-state index contributed by atoms with van der Waals surface area (Å²) in [5, 5.41) is 0.283. The van der Waals surface area contributed by atoms with E-state index < -0.39 is 44.2 Å². The van der Waals surface area contributed by atoms with Gasteiger partial charge in [-0.3, -0.25) is 9.59 Å². The summed E-state index contributed by atoms with van der Waals surface area (Å²) in [5.74, 6) is -1.11. The fourth-order valence-electron chi connectivity index (χ4n) is 2.16. The number of carbonyl (C=O) groups excluding carboxylic acids is 2. The zero-order valence-electron chi connectivity index (χ0n) is 19.5. The van der Waals surface area contributed by atoms with Gasteiger partial charge >= 0.3 is 19.8 Å². The van der Waals surface area contributed by atoms with Crippen molar-refractivity contribution in [1.29, 1.82) is 0 Å². The fraction of sp³-hybridized carbons (Fsp3) is 0.550. The predicted molar refractivity (Wildman–Crippen MR) is 128 cm³/mol. The molecule has 0 atom stereocenters. The topological polar surface area (TPSA) is 136 Å². The number of hydrogen-bond donors (Lipinski definition) is 1. The van der Waals surface area contributed by atoms with Gasteiger partial charge in [0.1, 0.15) is 5.52 Å². The van der Waals surface area contributed by atoms with Crippen LogP contribution in [-0.2, 0) is 32.7 Å². The van der Waals surface area contributed by atoms with Crippen LogP contribution in [0.2, 0.25) is 0 Å². The van der Waals surface area contributed by atoms with Crippen LogP contribution in [0.3, 0.4) is 0 Å². The molecule has 0 saturated heterocycles. The monoisotopic (exact) mass is 566 g/mol. The molecule has 10 nitrogen and oxygen atoms in total. The van der Waals surface area contributed by atoms with Crippen molar-refractivity contribution < 1.29 is 37.2 Å². The van der Waals surface area contributed by atoms with E-state index in [0.29, 0.717) is 14.7 Å². The number of nitrogens with zero attached hydrogens (tertiary/aromatic N) is 1. The first-order chi connectivity index (χ1) is 15.0. The highest BCUT2D eigenvalue weighted by Crippen LogP contribution is 2.52. The third-order valence-electron chi connectivity index (χ3n) is 4.07. The number of rotatable bonds is 8. The second-order valence-corrected chi connectivity index (χ2v) is 12.6. The second-order valence-electron chi connectivity index (χ2n) is 9.11. The lowest BCUT2D eigenvalue weighted by Gasteiger charge is -2.22. The van der Waals surface area contributed by atoms with Crippen LogP contribution in [0.1, 0.15) is 47.1 Å². The lowest BCUT2D eigenvalue weighted by Crippen LogP contribution is -2.25. The number of nitrogen functional groups attached to an aromatic ring is 1. The number of esters is 2. The van der Waals surface area contributed by atoms with Crippen LogP contribution >= 0.6 is 35.1 Å². The van der Waals surface area contributed by atoms with Crippen LogP contribution in [0.25, 0.3) is 10.2 Å². The molecule has 0 unspecified atom stereocenters. The van der Waals surface area contributed by atoms with E-state index >= 15 is 0 Å². The Morgan fingerprint density at radius 2 is 1.55 bits per heavy atom. The highest BCUT2D eigenvalue weighted by atomic mass is 79.9.